The van der Waals surface area contributed by atoms with Crippen LogP contribution in [0, 0.1) is 0 Å². The van der Waals surface area contributed by atoms with E-state index < -0.39 is 5.91 Å². The Morgan fingerprint density at radius 3 is 2.16 bits per heavy atom. The zero-order valence-corrected chi connectivity index (χ0v) is 14.1. The molecule has 0 aromatic heterocycles. The second kappa shape index (κ2) is 7.38. The minimum Gasteiger partial charge on any atom is -0.457 e. The van der Waals surface area contributed by atoms with Crippen LogP contribution in [0.15, 0.2) is 72.8 Å². The number of hydrogen-bond acceptors (Lipinski definition) is 3. The molecule has 0 aliphatic rings. The molecule has 3 aromatic carbocycles. The van der Waals surface area contributed by atoms with E-state index in [-0.39, 0.29) is 6.04 Å². The molecule has 4 nitrogen and oxygen atoms in total. The number of carbonyl (C=O) groups excluding carboxylic acids is 1. The maximum Gasteiger partial charge on any atom is 0.248 e. The largest absolute Gasteiger partial charge is 0.457 e. The van der Waals surface area contributed by atoms with Gasteiger partial charge in [0.1, 0.15) is 11.5 Å². The van der Waals surface area contributed by atoms with Crippen molar-refractivity contribution in [1.82, 2.24) is 0 Å². The fourth-order valence-electron chi connectivity index (χ4n) is 2.49. The number of benzene rings is 3. The Balaban J connectivity index is 1.79. The van der Waals surface area contributed by atoms with Crippen molar-refractivity contribution in [3.8, 4) is 11.5 Å². The van der Waals surface area contributed by atoms with Crippen molar-refractivity contribution in [3.05, 3.63) is 94.5 Å². The number of rotatable bonds is 5. The summed E-state index contributed by atoms with van der Waals surface area (Å²) in [5, 5.41) is 0.530. The monoisotopic (exact) mass is 352 g/mol. The summed E-state index contributed by atoms with van der Waals surface area (Å²) in [7, 11) is 0. The number of nitrogens with two attached hydrogens (primary N) is 2. The van der Waals surface area contributed by atoms with E-state index in [9.17, 15) is 4.79 Å². The van der Waals surface area contributed by atoms with E-state index in [1.165, 1.54) is 0 Å². The van der Waals surface area contributed by atoms with Gasteiger partial charge >= 0.3 is 0 Å². The molecule has 0 fully saturated rings. The Morgan fingerprint density at radius 2 is 1.56 bits per heavy atom. The summed E-state index contributed by atoms with van der Waals surface area (Å²) in [6.45, 7) is 0. The molecule has 3 rings (SSSR count). The Morgan fingerprint density at radius 1 is 0.920 bits per heavy atom. The molecular weight excluding hydrogens is 336 g/mol. The van der Waals surface area contributed by atoms with E-state index in [0.717, 1.165) is 11.1 Å². The fraction of sp³-hybridized carbons (Fsp3) is 0.0500. The van der Waals surface area contributed by atoms with Gasteiger partial charge in [0.15, 0.2) is 0 Å². The number of ether oxygens (including phenoxy) is 1. The van der Waals surface area contributed by atoms with Gasteiger partial charge in [-0.05, 0) is 47.5 Å². The van der Waals surface area contributed by atoms with E-state index in [0.29, 0.717) is 22.1 Å². The number of carbonyl (C=O) groups is 1. The number of amides is 1. The molecule has 5 heteroatoms. The first-order valence-corrected chi connectivity index (χ1v) is 8.10. The van der Waals surface area contributed by atoms with Gasteiger partial charge in [0.05, 0.1) is 6.04 Å². The van der Waals surface area contributed by atoms with Crippen LogP contribution >= 0.6 is 11.6 Å². The lowest BCUT2D eigenvalue weighted by atomic mass is 9.99. The van der Waals surface area contributed by atoms with Crippen LogP contribution in [0.2, 0.25) is 5.02 Å². The maximum absolute atomic E-state index is 11.1. The molecule has 1 atom stereocenters. The van der Waals surface area contributed by atoms with Crippen molar-refractivity contribution in [2.75, 3.05) is 0 Å². The van der Waals surface area contributed by atoms with Crippen LogP contribution in [-0.4, -0.2) is 5.91 Å². The van der Waals surface area contributed by atoms with Crippen molar-refractivity contribution in [2.24, 2.45) is 11.5 Å². The van der Waals surface area contributed by atoms with Crippen molar-refractivity contribution in [1.29, 1.82) is 0 Å². The average Bonchev–Trinajstić information content (AvgIpc) is 2.62. The smallest absolute Gasteiger partial charge is 0.248 e. The normalized spacial score (nSPS) is 11.8. The standard InChI is InChI=1S/C20H17ClN2O2/c21-18-12-16(25-15-8-6-14(7-9-15)20(23)24)10-11-17(18)19(22)13-4-2-1-3-5-13/h1-12,19H,22H2,(H2,23,24). The molecule has 0 aliphatic carbocycles. The van der Waals surface area contributed by atoms with Crippen LogP contribution in [0.5, 0.6) is 11.5 Å². The van der Waals surface area contributed by atoms with Crippen molar-refractivity contribution in [3.63, 3.8) is 0 Å². The molecule has 25 heavy (non-hydrogen) atoms. The highest BCUT2D eigenvalue weighted by molar-refractivity contribution is 6.31. The fourth-order valence-corrected chi connectivity index (χ4v) is 2.77. The lowest BCUT2D eigenvalue weighted by molar-refractivity contribution is 0.100. The van der Waals surface area contributed by atoms with Crippen LogP contribution in [0.1, 0.15) is 27.5 Å². The molecule has 1 amide bonds. The molecule has 0 saturated heterocycles. The summed E-state index contributed by atoms with van der Waals surface area (Å²) in [5.41, 5.74) is 13.8. The van der Waals surface area contributed by atoms with Gasteiger partial charge in [0, 0.05) is 10.6 Å². The molecule has 0 spiro atoms. The molecule has 0 radical (unpaired) electrons. The molecular formula is C20H17ClN2O2. The zero-order chi connectivity index (χ0) is 17.8. The quantitative estimate of drug-likeness (QED) is 0.719. The molecule has 4 N–H and O–H groups in total. The van der Waals surface area contributed by atoms with Crippen LogP contribution in [0.25, 0.3) is 0 Å². The predicted molar refractivity (Wildman–Crippen MR) is 99.0 cm³/mol. The van der Waals surface area contributed by atoms with Crippen LogP contribution in [-0.2, 0) is 0 Å². The summed E-state index contributed by atoms with van der Waals surface area (Å²) >= 11 is 6.39. The third-order valence-electron chi connectivity index (χ3n) is 3.84. The second-order valence-electron chi connectivity index (χ2n) is 5.56. The molecule has 1 unspecified atom stereocenters. The number of hydrogen-bond donors (Lipinski definition) is 2. The highest BCUT2D eigenvalue weighted by Crippen LogP contribution is 2.31. The maximum atomic E-state index is 11.1. The van der Waals surface area contributed by atoms with E-state index in [1.54, 1.807) is 30.3 Å². The minimum atomic E-state index is -0.478. The summed E-state index contributed by atoms with van der Waals surface area (Å²) in [4.78, 5) is 11.1. The zero-order valence-electron chi connectivity index (χ0n) is 13.4. The van der Waals surface area contributed by atoms with Crippen molar-refractivity contribution >= 4 is 17.5 Å². The SMILES string of the molecule is NC(=O)c1ccc(Oc2ccc(C(N)c3ccccc3)c(Cl)c2)cc1. The molecule has 3 aromatic rings. The van der Waals surface area contributed by atoms with Gasteiger partial charge in [-0.1, -0.05) is 48.0 Å². The van der Waals surface area contributed by atoms with Crippen molar-refractivity contribution < 1.29 is 9.53 Å². The minimum absolute atomic E-state index is 0.308. The molecule has 126 valence electrons. The molecule has 0 heterocycles. The first-order chi connectivity index (χ1) is 12.0. The third kappa shape index (κ3) is 3.99. The van der Waals surface area contributed by atoms with E-state index in [2.05, 4.69) is 0 Å². The van der Waals surface area contributed by atoms with E-state index in [1.807, 2.05) is 42.5 Å². The lowest BCUT2D eigenvalue weighted by Crippen LogP contribution is -2.12. The van der Waals surface area contributed by atoms with Gasteiger partial charge in [-0.15, -0.1) is 0 Å². The molecule has 0 saturated carbocycles. The Kier molecular flexibility index (Phi) is 5.03. The topological polar surface area (TPSA) is 78.3 Å². The molecule has 0 aliphatic heterocycles. The van der Waals surface area contributed by atoms with Crippen LogP contribution in [0.3, 0.4) is 0 Å². The van der Waals surface area contributed by atoms with Gasteiger partial charge in [-0.25, -0.2) is 0 Å². The summed E-state index contributed by atoms with van der Waals surface area (Å²) < 4.78 is 5.76. The lowest BCUT2D eigenvalue weighted by Gasteiger charge is -2.15. The second-order valence-corrected chi connectivity index (χ2v) is 5.97. The van der Waals surface area contributed by atoms with Gasteiger partial charge in [-0.2, -0.15) is 0 Å². The first kappa shape index (κ1) is 17.0. The predicted octanol–water partition coefficient (Wildman–Crippen LogP) is 4.28. The van der Waals surface area contributed by atoms with Crippen molar-refractivity contribution in [2.45, 2.75) is 6.04 Å². The van der Waals surface area contributed by atoms with Crippen LogP contribution in [0.4, 0.5) is 0 Å². The third-order valence-corrected chi connectivity index (χ3v) is 4.17. The Labute approximate surface area is 151 Å². The number of halogens is 1. The summed E-state index contributed by atoms with van der Waals surface area (Å²) in [6, 6.07) is 21.4. The van der Waals surface area contributed by atoms with Gasteiger partial charge in [0.2, 0.25) is 5.91 Å². The van der Waals surface area contributed by atoms with E-state index >= 15 is 0 Å². The van der Waals surface area contributed by atoms with Gasteiger partial charge in [0.25, 0.3) is 0 Å². The van der Waals surface area contributed by atoms with E-state index in [4.69, 9.17) is 27.8 Å². The summed E-state index contributed by atoms with van der Waals surface area (Å²) in [5.74, 6) is 0.691. The molecule has 0 bridgehead atoms. The highest BCUT2D eigenvalue weighted by Gasteiger charge is 2.13. The average molecular weight is 353 g/mol. The summed E-state index contributed by atoms with van der Waals surface area (Å²) in [6.07, 6.45) is 0. The van der Waals surface area contributed by atoms with Crippen LogP contribution < -0.4 is 16.2 Å². The Bertz CT molecular complexity index is 880. The van der Waals surface area contributed by atoms with Gasteiger partial charge < -0.3 is 16.2 Å². The van der Waals surface area contributed by atoms with Gasteiger partial charge in [-0.3, -0.25) is 4.79 Å². The number of primary amides is 1. The highest BCUT2D eigenvalue weighted by atomic mass is 35.5. The first-order valence-electron chi connectivity index (χ1n) is 7.72. The Hall–Kier alpha value is -2.82.